The average Bonchev–Trinajstić information content (AvgIpc) is 2.54. The summed E-state index contributed by atoms with van der Waals surface area (Å²) in [7, 11) is 1.33. The number of rotatable bonds is 5. The number of ether oxygens (including phenoxy) is 1. The maximum Gasteiger partial charge on any atom is 0.307 e. The molecule has 0 unspecified atom stereocenters. The summed E-state index contributed by atoms with van der Waals surface area (Å²) in [5, 5.41) is 1.95. The predicted molar refractivity (Wildman–Crippen MR) is 89.6 cm³/mol. The fraction of sp³-hybridized carbons (Fsp3) is 0.353. The number of hydrogen-bond donors (Lipinski definition) is 0. The Hall–Kier alpha value is -2.14. The Morgan fingerprint density at radius 3 is 2.65 bits per heavy atom. The third-order valence-electron chi connectivity index (χ3n) is 3.58. The van der Waals surface area contributed by atoms with E-state index in [-0.39, 0.29) is 36.6 Å². The molecule has 122 valence electrons. The number of carbonyl (C=O) groups is 2. The molecule has 1 heterocycles. The van der Waals surface area contributed by atoms with Crippen LogP contribution in [0, 0.1) is 0 Å². The summed E-state index contributed by atoms with van der Waals surface area (Å²) in [5.41, 5.74) is 0.271. The van der Waals surface area contributed by atoms with Crippen LogP contribution in [0.25, 0.3) is 10.8 Å². The molecule has 0 bridgehead atoms. The molecule has 2 aromatic rings. The number of aromatic nitrogens is 1. The van der Waals surface area contributed by atoms with Crippen molar-refractivity contribution >= 4 is 34.2 Å². The zero-order valence-electron chi connectivity index (χ0n) is 13.4. The minimum atomic E-state index is -0.354. The van der Waals surface area contributed by atoms with Gasteiger partial charge < -0.3 is 9.64 Å². The maximum atomic E-state index is 12.7. The van der Waals surface area contributed by atoms with Crippen molar-refractivity contribution in [2.24, 2.45) is 0 Å². The van der Waals surface area contributed by atoms with Crippen LogP contribution in [0.3, 0.4) is 0 Å². The number of fused-ring (bicyclic) bond motifs is 1. The van der Waals surface area contributed by atoms with Crippen molar-refractivity contribution in [3.63, 3.8) is 0 Å². The van der Waals surface area contributed by atoms with Crippen LogP contribution in [-0.2, 0) is 9.53 Å². The number of pyridine rings is 1. The molecule has 0 fully saturated rings. The van der Waals surface area contributed by atoms with Crippen molar-refractivity contribution in [2.75, 3.05) is 13.7 Å². The van der Waals surface area contributed by atoms with Gasteiger partial charge in [-0.05, 0) is 25.3 Å². The normalized spacial score (nSPS) is 10.8. The second-order valence-corrected chi connectivity index (χ2v) is 5.80. The lowest BCUT2D eigenvalue weighted by Crippen LogP contribution is -2.39. The second kappa shape index (κ2) is 7.42. The van der Waals surface area contributed by atoms with Crippen molar-refractivity contribution in [3.05, 3.63) is 41.2 Å². The Labute approximate surface area is 140 Å². The van der Waals surface area contributed by atoms with Gasteiger partial charge >= 0.3 is 5.97 Å². The smallest absolute Gasteiger partial charge is 0.307 e. The van der Waals surface area contributed by atoms with Gasteiger partial charge in [0.15, 0.2) is 0 Å². The van der Waals surface area contributed by atoms with Crippen LogP contribution in [0.5, 0.6) is 0 Å². The molecular weight excluding hydrogens is 316 g/mol. The molecule has 0 saturated heterocycles. The Morgan fingerprint density at radius 1 is 1.30 bits per heavy atom. The van der Waals surface area contributed by atoms with Gasteiger partial charge in [0.05, 0.1) is 13.5 Å². The zero-order valence-corrected chi connectivity index (χ0v) is 14.1. The minimum Gasteiger partial charge on any atom is -0.469 e. The van der Waals surface area contributed by atoms with Gasteiger partial charge in [0.2, 0.25) is 0 Å². The number of esters is 1. The van der Waals surface area contributed by atoms with Crippen LogP contribution in [0.4, 0.5) is 0 Å². The third kappa shape index (κ3) is 3.99. The summed E-state index contributed by atoms with van der Waals surface area (Å²) in [6.45, 7) is 4.05. The number of hydrogen-bond acceptors (Lipinski definition) is 4. The number of benzene rings is 1. The largest absolute Gasteiger partial charge is 0.469 e. The molecular formula is C17H19ClN2O3. The van der Waals surface area contributed by atoms with Crippen LogP contribution < -0.4 is 0 Å². The lowest BCUT2D eigenvalue weighted by Gasteiger charge is -2.26. The van der Waals surface area contributed by atoms with Gasteiger partial charge in [-0.1, -0.05) is 35.9 Å². The van der Waals surface area contributed by atoms with Gasteiger partial charge in [-0.2, -0.15) is 0 Å². The van der Waals surface area contributed by atoms with Crippen molar-refractivity contribution < 1.29 is 14.3 Å². The van der Waals surface area contributed by atoms with Crippen LogP contribution in [-0.4, -0.2) is 41.5 Å². The van der Waals surface area contributed by atoms with Crippen LogP contribution in [0.1, 0.15) is 30.8 Å². The third-order valence-corrected chi connectivity index (χ3v) is 3.87. The van der Waals surface area contributed by atoms with Crippen LogP contribution >= 0.6 is 11.6 Å². The summed E-state index contributed by atoms with van der Waals surface area (Å²) < 4.78 is 4.63. The molecule has 6 heteroatoms. The van der Waals surface area contributed by atoms with Gasteiger partial charge in [0.25, 0.3) is 5.91 Å². The highest BCUT2D eigenvalue weighted by molar-refractivity contribution is 6.34. The molecule has 0 radical (unpaired) electrons. The van der Waals surface area contributed by atoms with E-state index >= 15 is 0 Å². The summed E-state index contributed by atoms with van der Waals surface area (Å²) in [5.74, 6) is -0.607. The van der Waals surface area contributed by atoms with Gasteiger partial charge in [-0.15, -0.1) is 0 Å². The number of nitrogens with zero attached hydrogens (tertiary/aromatic N) is 2. The molecule has 1 aromatic carbocycles. The zero-order chi connectivity index (χ0) is 17.0. The molecule has 2 rings (SSSR count). The molecule has 1 aromatic heterocycles. The second-order valence-electron chi connectivity index (χ2n) is 5.44. The van der Waals surface area contributed by atoms with Gasteiger partial charge in [-0.25, -0.2) is 4.98 Å². The van der Waals surface area contributed by atoms with E-state index in [1.807, 2.05) is 38.1 Å². The molecule has 0 aliphatic carbocycles. The highest BCUT2D eigenvalue weighted by atomic mass is 35.5. The molecule has 0 saturated carbocycles. The lowest BCUT2D eigenvalue weighted by atomic mass is 10.1. The monoisotopic (exact) mass is 334 g/mol. The first kappa shape index (κ1) is 17.2. The average molecular weight is 335 g/mol. The van der Waals surface area contributed by atoms with E-state index < -0.39 is 0 Å². The van der Waals surface area contributed by atoms with Gasteiger partial charge in [0.1, 0.15) is 10.8 Å². The highest BCUT2D eigenvalue weighted by Gasteiger charge is 2.22. The highest BCUT2D eigenvalue weighted by Crippen LogP contribution is 2.23. The van der Waals surface area contributed by atoms with Gasteiger partial charge in [0, 0.05) is 18.0 Å². The number of amides is 1. The molecule has 0 atom stereocenters. The SMILES string of the molecule is COC(=O)CCN(C(=O)c1cc2ccccc2c(Cl)n1)C(C)C. The maximum absolute atomic E-state index is 12.7. The van der Waals surface area contributed by atoms with E-state index in [0.717, 1.165) is 10.8 Å². The Bertz CT molecular complexity index is 731. The van der Waals surface area contributed by atoms with Crippen molar-refractivity contribution in [1.29, 1.82) is 0 Å². The van der Waals surface area contributed by atoms with E-state index in [1.54, 1.807) is 11.0 Å². The fourth-order valence-electron chi connectivity index (χ4n) is 2.32. The van der Waals surface area contributed by atoms with Crippen LogP contribution in [0.2, 0.25) is 5.15 Å². The van der Waals surface area contributed by atoms with Crippen molar-refractivity contribution in [2.45, 2.75) is 26.3 Å². The van der Waals surface area contributed by atoms with Crippen molar-refractivity contribution in [3.8, 4) is 0 Å². The van der Waals surface area contributed by atoms with E-state index in [1.165, 1.54) is 7.11 Å². The van der Waals surface area contributed by atoms with E-state index in [4.69, 9.17) is 11.6 Å². The van der Waals surface area contributed by atoms with E-state index in [2.05, 4.69) is 9.72 Å². The van der Waals surface area contributed by atoms with E-state index in [0.29, 0.717) is 5.15 Å². The summed E-state index contributed by atoms with van der Waals surface area (Å²) in [4.78, 5) is 29.9. The Morgan fingerprint density at radius 2 is 2.00 bits per heavy atom. The molecule has 5 nitrogen and oxygen atoms in total. The van der Waals surface area contributed by atoms with E-state index in [9.17, 15) is 9.59 Å². The molecule has 0 aliphatic heterocycles. The predicted octanol–water partition coefficient (Wildman–Crippen LogP) is 3.30. The summed E-state index contributed by atoms with van der Waals surface area (Å²) in [6, 6.07) is 9.14. The summed E-state index contributed by atoms with van der Waals surface area (Å²) in [6.07, 6.45) is 0.141. The standard InChI is InChI=1S/C17H19ClN2O3/c1-11(2)20(9-8-15(21)23-3)17(22)14-10-12-6-4-5-7-13(12)16(18)19-14/h4-7,10-11H,8-9H2,1-3H3. The molecule has 23 heavy (non-hydrogen) atoms. The number of halogens is 1. The lowest BCUT2D eigenvalue weighted by molar-refractivity contribution is -0.140. The first-order valence-electron chi connectivity index (χ1n) is 7.37. The van der Waals surface area contributed by atoms with Crippen molar-refractivity contribution in [1.82, 2.24) is 9.88 Å². The van der Waals surface area contributed by atoms with Crippen LogP contribution in [0.15, 0.2) is 30.3 Å². The quantitative estimate of drug-likeness (QED) is 0.621. The molecule has 1 amide bonds. The molecule has 0 spiro atoms. The first-order valence-corrected chi connectivity index (χ1v) is 7.75. The minimum absolute atomic E-state index is 0.0702. The van der Waals surface area contributed by atoms with Gasteiger partial charge in [-0.3, -0.25) is 9.59 Å². The summed E-state index contributed by atoms with van der Waals surface area (Å²) >= 11 is 6.18. The topological polar surface area (TPSA) is 59.5 Å². The molecule has 0 N–H and O–H groups in total. The number of methoxy groups -OCH3 is 1. The number of carbonyl (C=O) groups excluding carboxylic acids is 2. The Kier molecular flexibility index (Phi) is 5.55. The molecule has 0 aliphatic rings. The first-order chi connectivity index (χ1) is 10.9. The Balaban J connectivity index is 2.30. The fourth-order valence-corrected chi connectivity index (χ4v) is 2.58.